The van der Waals surface area contributed by atoms with E-state index in [9.17, 15) is 0 Å². The Hall–Kier alpha value is -3.12. The lowest BCUT2D eigenvalue weighted by Gasteiger charge is -2.32. The summed E-state index contributed by atoms with van der Waals surface area (Å²) in [5.74, 6) is 0. The van der Waals surface area contributed by atoms with Crippen molar-refractivity contribution in [2.75, 3.05) is 0 Å². The van der Waals surface area contributed by atoms with Crippen molar-refractivity contribution in [3.8, 4) is 11.1 Å². The van der Waals surface area contributed by atoms with E-state index in [1.165, 1.54) is 31.3 Å². The van der Waals surface area contributed by atoms with Gasteiger partial charge in [-0.2, -0.15) is 0 Å². The molecule has 4 aromatic carbocycles. The van der Waals surface area contributed by atoms with Gasteiger partial charge in [0.2, 0.25) is 0 Å². The molecule has 0 N–H and O–H groups in total. The summed E-state index contributed by atoms with van der Waals surface area (Å²) >= 11 is 1.85. The first-order valence-electron chi connectivity index (χ1n) is 12.0. The van der Waals surface area contributed by atoms with Crippen LogP contribution >= 0.6 is 11.3 Å². The summed E-state index contributed by atoms with van der Waals surface area (Å²) in [6, 6.07) is 28.0. The van der Waals surface area contributed by atoms with Gasteiger partial charge in [0.15, 0.2) is 0 Å². The van der Waals surface area contributed by atoms with E-state index in [1.54, 1.807) is 0 Å². The zero-order valence-electron chi connectivity index (χ0n) is 20.2. The summed E-state index contributed by atoms with van der Waals surface area (Å²) in [5.41, 5.74) is 4.45. The molecular weight excluding hydrogens is 451 g/mol. The lowest BCUT2D eigenvalue weighted by atomic mass is 9.78. The minimum Gasteiger partial charge on any atom is -0.456 e. The van der Waals surface area contributed by atoms with E-state index in [1.807, 2.05) is 23.5 Å². The average molecular weight is 476 g/mol. The van der Waals surface area contributed by atoms with Gasteiger partial charge in [0.05, 0.1) is 11.2 Å². The maximum absolute atomic E-state index is 6.31. The predicted octanol–water partition coefficient (Wildman–Crippen LogP) is 7.92. The van der Waals surface area contributed by atoms with Crippen molar-refractivity contribution in [2.45, 2.75) is 38.9 Å². The second-order valence-corrected chi connectivity index (χ2v) is 11.5. The monoisotopic (exact) mass is 476 g/mol. The molecule has 0 atom stereocenters. The molecular formula is C30H25BO3S. The molecule has 1 aliphatic heterocycles. The largest absolute Gasteiger partial charge is 0.494 e. The Labute approximate surface area is 208 Å². The van der Waals surface area contributed by atoms with Gasteiger partial charge in [-0.25, -0.2) is 0 Å². The Bertz CT molecular complexity index is 1760. The highest BCUT2D eigenvalue weighted by atomic mass is 32.1. The van der Waals surface area contributed by atoms with Crippen LogP contribution in [0, 0.1) is 0 Å². The lowest BCUT2D eigenvalue weighted by molar-refractivity contribution is 0.00578. The van der Waals surface area contributed by atoms with Gasteiger partial charge >= 0.3 is 7.12 Å². The third-order valence-electron chi connectivity index (χ3n) is 7.74. The second-order valence-electron chi connectivity index (χ2n) is 10.4. The van der Waals surface area contributed by atoms with Gasteiger partial charge in [-0.05, 0) is 68.6 Å². The molecule has 0 bridgehead atoms. The third kappa shape index (κ3) is 3.12. The Morgan fingerprint density at radius 3 is 2.26 bits per heavy atom. The highest BCUT2D eigenvalue weighted by molar-refractivity contribution is 7.26. The van der Waals surface area contributed by atoms with Crippen molar-refractivity contribution >= 4 is 66.0 Å². The molecule has 35 heavy (non-hydrogen) atoms. The fourth-order valence-corrected chi connectivity index (χ4v) is 6.30. The molecule has 0 radical (unpaired) electrons. The molecule has 0 saturated carbocycles. The first kappa shape index (κ1) is 21.2. The molecule has 6 aromatic rings. The highest BCUT2D eigenvalue weighted by Crippen LogP contribution is 2.41. The maximum atomic E-state index is 6.31. The molecule has 1 saturated heterocycles. The first-order valence-corrected chi connectivity index (χ1v) is 12.8. The second kappa shape index (κ2) is 7.20. The van der Waals surface area contributed by atoms with Crippen molar-refractivity contribution in [2.24, 2.45) is 0 Å². The molecule has 1 aliphatic rings. The van der Waals surface area contributed by atoms with Crippen LogP contribution in [0.3, 0.4) is 0 Å². The van der Waals surface area contributed by atoms with Crippen LogP contribution in [0.4, 0.5) is 0 Å². The summed E-state index contributed by atoms with van der Waals surface area (Å²) in [6.07, 6.45) is 0. The summed E-state index contributed by atoms with van der Waals surface area (Å²) in [6.45, 7) is 8.32. The molecule has 1 fully saturated rings. The zero-order valence-corrected chi connectivity index (χ0v) is 21.0. The van der Waals surface area contributed by atoms with E-state index in [4.69, 9.17) is 13.7 Å². The predicted molar refractivity (Wildman–Crippen MR) is 148 cm³/mol. The minimum absolute atomic E-state index is 0.367. The van der Waals surface area contributed by atoms with Crippen LogP contribution < -0.4 is 5.46 Å². The molecule has 7 rings (SSSR count). The smallest absolute Gasteiger partial charge is 0.456 e. The minimum atomic E-state index is -0.390. The number of rotatable bonds is 2. The summed E-state index contributed by atoms with van der Waals surface area (Å²) in [4.78, 5) is 0. The van der Waals surface area contributed by atoms with Gasteiger partial charge in [0.1, 0.15) is 11.2 Å². The van der Waals surface area contributed by atoms with Crippen LogP contribution in [0.2, 0.25) is 0 Å². The number of thiophene rings is 1. The molecule has 3 heterocycles. The van der Waals surface area contributed by atoms with Crippen molar-refractivity contribution in [3.63, 3.8) is 0 Å². The molecule has 2 aromatic heterocycles. The van der Waals surface area contributed by atoms with E-state index in [2.05, 4.69) is 94.4 Å². The lowest BCUT2D eigenvalue weighted by Crippen LogP contribution is -2.41. The Morgan fingerprint density at radius 2 is 1.43 bits per heavy atom. The normalized spacial score (nSPS) is 17.3. The van der Waals surface area contributed by atoms with Crippen LogP contribution in [-0.2, 0) is 9.31 Å². The van der Waals surface area contributed by atoms with Gasteiger partial charge in [-0.1, -0.05) is 54.6 Å². The van der Waals surface area contributed by atoms with E-state index in [0.29, 0.717) is 0 Å². The SMILES string of the molecule is CC1(C)OB(c2ccc3oc4cc(-c5cccc6c5sc5ccccc56)ccc4c3c2)OC1(C)C. The fourth-order valence-electron chi connectivity index (χ4n) is 5.06. The maximum Gasteiger partial charge on any atom is 0.494 e. The van der Waals surface area contributed by atoms with Crippen molar-refractivity contribution < 1.29 is 13.7 Å². The summed E-state index contributed by atoms with van der Waals surface area (Å²) < 4.78 is 21.5. The average Bonchev–Trinajstić information content (AvgIpc) is 3.46. The fraction of sp³-hybridized carbons (Fsp3) is 0.200. The topological polar surface area (TPSA) is 31.6 Å². The van der Waals surface area contributed by atoms with Crippen molar-refractivity contribution in [3.05, 3.63) is 78.9 Å². The molecule has 0 aliphatic carbocycles. The van der Waals surface area contributed by atoms with Crippen molar-refractivity contribution in [1.29, 1.82) is 0 Å². The zero-order chi connectivity index (χ0) is 23.9. The Kier molecular flexibility index (Phi) is 4.36. The van der Waals surface area contributed by atoms with E-state index < -0.39 is 0 Å². The molecule has 0 unspecified atom stereocenters. The Morgan fingerprint density at radius 1 is 0.657 bits per heavy atom. The standard InChI is InChI=1S/C30H25BO3S/c1-29(2)30(3,4)34-31(33-29)19-13-15-25-24(17-19)21-14-12-18(16-26(21)32-25)20-9-7-10-23-22-8-5-6-11-27(22)35-28(20)23/h5-17H,1-4H3. The highest BCUT2D eigenvalue weighted by Gasteiger charge is 2.51. The van der Waals surface area contributed by atoms with Gasteiger partial charge in [0.25, 0.3) is 0 Å². The van der Waals surface area contributed by atoms with E-state index >= 15 is 0 Å². The quantitative estimate of drug-likeness (QED) is 0.238. The van der Waals surface area contributed by atoms with Crippen LogP contribution in [-0.4, -0.2) is 18.3 Å². The van der Waals surface area contributed by atoms with Crippen molar-refractivity contribution in [1.82, 2.24) is 0 Å². The number of hydrogen-bond donors (Lipinski definition) is 0. The van der Waals surface area contributed by atoms with Crippen LogP contribution in [0.15, 0.2) is 83.3 Å². The molecule has 0 amide bonds. The number of fused-ring (bicyclic) bond motifs is 6. The van der Waals surface area contributed by atoms with Crippen LogP contribution in [0.1, 0.15) is 27.7 Å². The third-order valence-corrected chi connectivity index (χ3v) is 8.96. The van der Waals surface area contributed by atoms with Crippen LogP contribution in [0.25, 0.3) is 53.2 Å². The molecule has 0 spiro atoms. The van der Waals surface area contributed by atoms with E-state index in [0.717, 1.165) is 27.4 Å². The summed E-state index contributed by atoms with van der Waals surface area (Å²) in [5, 5.41) is 4.80. The molecule has 3 nitrogen and oxygen atoms in total. The number of hydrogen-bond acceptors (Lipinski definition) is 4. The van der Waals surface area contributed by atoms with Gasteiger partial charge in [-0.3, -0.25) is 0 Å². The van der Waals surface area contributed by atoms with E-state index in [-0.39, 0.29) is 18.3 Å². The molecule has 172 valence electrons. The first-order chi connectivity index (χ1) is 16.8. The molecule has 5 heteroatoms. The summed E-state index contributed by atoms with van der Waals surface area (Å²) in [7, 11) is -0.390. The number of benzene rings is 4. The van der Waals surface area contributed by atoms with Gasteiger partial charge < -0.3 is 13.7 Å². The van der Waals surface area contributed by atoms with Gasteiger partial charge in [-0.15, -0.1) is 11.3 Å². The Balaban J connectivity index is 1.34. The van der Waals surface area contributed by atoms with Gasteiger partial charge in [0, 0.05) is 30.9 Å². The van der Waals surface area contributed by atoms with Crippen LogP contribution in [0.5, 0.6) is 0 Å². The number of furan rings is 1.